The Morgan fingerprint density at radius 3 is 2.70 bits per heavy atom. The average Bonchev–Trinajstić information content (AvgIpc) is 3.09. The summed E-state index contributed by atoms with van der Waals surface area (Å²) in [6.45, 7) is 0. The molecular formula is C15H14N4O. The first-order valence-electron chi connectivity index (χ1n) is 6.34. The van der Waals surface area contributed by atoms with Gasteiger partial charge in [0.2, 0.25) is 0 Å². The Hall–Kier alpha value is -2.69. The minimum Gasteiger partial charge on any atom is -0.292 e. The number of para-hydroxylation sites is 1. The second-order valence-electron chi connectivity index (χ2n) is 4.60. The van der Waals surface area contributed by atoms with E-state index in [0.29, 0.717) is 12.1 Å². The van der Waals surface area contributed by atoms with E-state index < -0.39 is 0 Å². The number of carbonyl (C=O) groups is 1. The molecule has 0 radical (unpaired) electrons. The van der Waals surface area contributed by atoms with Gasteiger partial charge in [0.25, 0.3) is 0 Å². The zero-order chi connectivity index (χ0) is 13.9. The van der Waals surface area contributed by atoms with Gasteiger partial charge < -0.3 is 0 Å². The number of ketones is 1. The third-order valence-corrected chi connectivity index (χ3v) is 3.02. The molecule has 5 heteroatoms. The highest BCUT2D eigenvalue weighted by atomic mass is 16.1. The van der Waals surface area contributed by atoms with Crippen molar-refractivity contribution >= 4 is 5.78 Å². The van der Waals surface area contributed by atoms with Gasteiger partial charge in [-0.2, -0.15) is 10.2 Å². The zero-order valence-corrected chi connectivity index (χ0v) is 11.1. The number of rotatable bonds is 4. The molecule has 1 aromatic carbocycles. The first-order valence-corrected chi connectivity index (χ1v) is 6.34. The molecule has 3 aromatic rings. The third kappa shape index (κ3) is 2.51. The summed E-state index contributed by atoms with van der Waals surface area (Å²) < 4.78 is 3.39. The van der Waals surface area contributed by atoms with Gasteiger partial charge in [-0.05, 0) is 23.8 Å². The van der Waals surface area contributed by atoms with Crippen LogP contribution < -0.4 is 0 Å². The SMILES string of the molecule is Cn1cc(CC(=O)c2ccn(-c3ccccc3)n2)cn1. The zero-order valence-electron chi connectivity index (χ0n) is 11.1. The third-order valence-electron chi connectivity index (χ3n) is 3.02. The molecule has 100 valence electrons. The van der Waals surface area contributed by atoms with Crippen LogP contribution in [-0.4, -0.2) is 25.3 Å². The van der Waals surface area contributed by atoms with Crippen molar-refractivity contribution < 1.29 is 4.79 Å². The van der Waals surface area contributed by atoms with Gasteiger partial charge in [0.15, 0.2) is 5.78 Å². The Labute approximate surface area is 116 Å². The summed E-state index contributed by atoms with van der Waals surface area (Å²) in [4.78, 5) is 12.2. The molecule has 0 N–H and O–H groups in total. The summed E-state index contributed by atoms with van der Waals surface area (Å²) in [6, 6.07) is 11.5. The van der Waals surface area contributed by atoms with Crippen molar-refractivity contribution in [2.75, 3.05) is 0 Å². The molecule has 20 heavy (non-hydrogen) atoms. The first kappa shape index (κ1) is 12.3. The molecule has 2 aromatic heterocycles. The molecule has 0 aliphatic carbocycles. The Morgan fingerprint density at radius 1 is 1.20 bits per heavy atom. The quantitative estimate of drug-likeness (QED) is 0.679. The molecule has 0 aliphatic rings. The molecule has 0 bridgehead atoms. The molecule has 0 amide bonds. The second-order valence-corrected chi connectivity index (χ2v) is 4.60. The van der Waals surface area contributed by atoms with E-state index in [9.17, 15) is 4.79 Å². The van der Waals surface area contributed by atoms with Crippen molar-refractivity contribution in [3.63, 3.8) is 0 Å². The molecule has 0 aliphatic heterocycles. The maximum Gasteiger partial charge on any atom is 0.187 e. The number of aryl methyl sites for hydroxylation is 1. The minimum atomic E-state index is -0.00678. The molecule has 5 nitrogen and oxygen atoms in total. The number of hydrogen-bond acceptors (Lipinski definition) is 3. The first-order chi connectivity index (χ1) is 9.72. The number of Topliss-reactive ketones (excluding diaryl/α,β-unsaturated/α-hetero) is 1. The van der Waals surface area contributed by atoms with E-state index in [1.54, 1.807) is 27.8 Å². The fourth-order valence-corrected chi connectivity index (χ4v) is 2.04. The van der Waals surface area contributed by atoms with Crippen LogP contribution in [0.4, 0.5) is 0 Å². The van der Waals surface area contributed by atoms with E-state index in [-0.39, 0.29) is 5.78 Å². The highest BCUT2D eigenvalue weighted by Crippen LogP contribution is 2.09. The number of carbonyl (C=O) groups excluding carboxylic acids is 1. The van der Waals surface area contributed by atoms with Crippen LogP contribution in [0, 0.1) is 0 Å². The molecular weight excluding hydrogens is 252 g/mol. The summed E-state index contributed by atoms with van der Waals surface area (Å²) >= 11 is 0. The lowest BCUT2D eigenvalue weighted by Gasteiger charge is -1.99. The van der Waals surface area contributed by atoms with Gasteiger partial charge in [0.1, 0.15) is 5.69 Å². The molecule has 3 rings (SSSR count). The van der Waals surface area contributed by atoms with Gasteiger partial charge in [-0.3, -0.25) is 9.48 Å². The topological polar surface area (TPSA) is 52.7 Å². The molecule has 0 saturated carbocycles. The Balaban J connectivity index is 1.78. The van der Waals surface area contributed by atoms with Gasteiger partial charge in [-0.15, -0.1) is 0 Å². The number of benzene rings is 1. The minimum absolute atomic E-state index is 0.00678. The van der Waals surface area contributed by atoms with Crippen molar-refractivity contribution in [1.82, 2.24) is 19.6 Å². The lowest BCUT2D eigenvalue weighted by atomic mass is 10.1. The van der Waals surface area contributed by atoms with Crippen LogP contribution in [-0.2, 0) is 13.5 Å². The van der Waals surface area contributed by atoms with Crippen molar-refractivity contribution in [3.05, 3.63) is 66.2 Å². The molecule has 0 atom stereocenters. The number of nitrogens with zero attached hydrogens (tertiary/aromatic N) is 4. The van der Waals surface area contributed by atoms with Crippen LogP contribution in [0.25, 0.3) is 5.69 Å². The summed E-state index contributed by atoms with van der Waals surface area (Å²) in [7, 11) is 1.83. The molecule has 0 fully saturated rings. The predicted molar refractivity (Wildman–Crippen MR) is 74.8 cm³/mol. The Kier molecular flexibility index (Phi) is 3.16. The molecule has 0 saturated heterocycles. The van der Waals surface area contributed by atoms with Crippen molar-refractivity contribution in [1.29, 1.82) is 0 Å². The van der Waals surface area contributed by atoms with E-state index in [1.165, 1.54) is 0 Å². The number of hydrogen-bond donors (Lipinski definition) is 0. The summed E-state index contributed by atoms with van der Waals surface area (Å²) in [5, 5.41) is 8.38. The van der Waals surface area contributed by atoms with Gasteiger partial charge in [-0.25, -0.2) is 4.68 Å². The Bertz CT molecular complexity index is 727. The summed E-state index contributed by atoms with van der Waals surface area (Å²) in [5.74, 6) is -0.00678. The fraction of sp³-hybridized carbons (Fsp3) is 0.133. The largest absolute Gasteiger partial charge is 0.292 e. The van der Waals surface area contributed by atoms with Crippen molar-refractivity contribution in [3.8, 4) is 5.69 Å². The normalized spacial score (nSPS) is 10.7. The highest BCUT2D eigenvalue weighted by molar-refractivity contribution is 5.95. The van der Waals surface area contributed by atoms with Crippen LogP contribution in [0.2, 0.25) is 0 Å². The van der Waals surface area contributed by atoms with Gasteiger partial charge >= 0.3 is 0 Å². The molecule has 2 heterocycles. The molecule has 0 unspecified atom stereocenters. The van der Waals surface area contributed by atoms with Crippen LogP contribution in [0.5, 0.6) is 0 Å². The van der Waals surface area contributed by atoms with E-state index >= 15 is 0 Å². The van der Waals surface area contributed by atoms with Gasteiger partial charge in [-0.1, -0.05) is 18.2 Å². The lowest BCUT2D eigenvalue weighted by Crippen LogP contribution is -2.05. The summed E-state index contributed by atoms with van der Waals surface area (Å²) in [6.07, 6.45) is 5.66. The van der Waals surface area contributed by atoms with Gasteiger partial charge in [0.05, 0.1) is 11.9 Å². The van der Waals surface area contributed by atoms with E-state index in [0.717, 1.165) is 11.3 Å². The Morgan fingerprint density at radius 2 is 2.00 bits per heavy atom. The van der Waals surface area contributed by atoms with E-state index in [4.69, 9.17) is 0 Å². The van der Waals surface area contributed by atoms with Gasteiger partial charge in [0, 0.05) is 25.9 Å². The second kappa shape index (κ2) is 5.13. The lowest BCUT2D eigenvalue weighted by molar-refractivity contribution is 0.0988. The monoisotopic (exact) mass is 266 g/mol. The predicted octanol–water partition coefficient (Wildman–Crippen LogP) is 2.03. The summed E-state index contributed by atoms with van der Waals surface area (Å²) in [5.41, 5.74) is 2.30. The van der Waals surface area contributed by atoms with Crippen LogP contribution in [0.3, 0.4) is 0 Å². The van der Waals surface area contributed by atoms with Crippen molar-refractivity contribution in [2.24, 2.45) is 7.05 Å². The number of aromatic nitrogens is 4. The van der Waals surface area contributed by atoms with E-state index in [1.807, 2.05) is 43.6 Å². The highest BCUT2D eigenvalue weighted by Gasteiger charge is 2.12. The van der Waals surface area contributed by atoms with E-state index in [2.05, 4.69) is 10.2 Å². The smallest absolute Gasteiger partial charge is 0.187 e. The maximum absolute atomic E-state index is 12.2. The van der Waals surface area contributed by atoms with Crippen LogP contribution in [0.1, 0.15) is 16.1 Å². The maximum atomic E-state index is 12.2. The standard InChI is InChI=1S/C15H14N4O/c1-18-11-12(10-16-18)9-15(20)14-7-8-19(17-14)13-5-3-2-4-6-13/h2-8,10-11H,9H2,1H3. The molecule has 0 spiro atoms. The fourth-order valence-electron chi connectivity index (χ4n) is 2.04. The van der Waals surface area contributed by atoms with Crippen LogP contribution >= 0.6 is 0 Å². The van der Waals surface area contributed by atoms with Crippen LogP contribution in [0.15, 0.2) is 55.0 Å². The van der Waals surface area contributed by atoms with Crippen molar-refractivity contribution in [2.45, 2.75) is 6.42 Å². The average molecular weight is 266 g/mol.